The summed E-state index contributed by atoms with van der Waals surface area (Å²) in [5, 5.41) is 0.421. The van der Waals surface area contributed by atoms with Crippen LogP contribution >= 0.6 is 11.6 Å². The van der Waals surface area contributed by atoms with Gasteiger partial charge in [0.2, 0.25) is 0 Å². The molecule has 0 bridgehead atoms. The number of hydrogen-bond donors (Lipinski definition) is 0. The highest BCUT2D eigenvalue weighted by atomic mass is 35.5. The molecule has 0 amide bonds. The maximum absolute atomic E-state index is 11.7. The van der Waals surface area contributed by atoms with Crippen molar-refractivity contribution in [1.82, 2.24) is 9.97 Å². The summed E-state index contributed by atoms with van der Waals surface area (Å²) in [5.41, 5.74) is -0.0442. The Morgan fingerprint density at radius 1 is 1.40 bits per heavy atom. The molecule has 1 aliphatic heterocycles. The van der Waals surface area contributed by atoms with Gasteiger partial charge in [0.1, 0.15) is 17.3 Å². The van der Waals surface area contributed by atoms with Crippen LogP contribution in [0.25, 0.3) is 0 Å². The molecule has 0 unspecified atom stereocenters. The lowest BCUT2D eigenvalue weighted by Gasteiger charge is -2.15. The fourth-order valence-corrected chi connectivity index (χ4v) is 2.24. The molecule has 2 heterocycles. The Morgan fingerprint density at radius 2 is 2.20 bits per heavy atom. The van der Waals surface area contributed by atoms with Gasteiger partial charge < -0.3 is 4.90 Å². The first kappa shape index (κ1) is 9.09. The van der Waals surface area contributed by atoms with E-state index in [1.165, 1.54) is 6.33 Å². The maximum Gasteiger partial charge on any atom is 0.160 e. The van der Waals surface area contributed by atoms with E-state index in [4.69, 9.17) is 11.6 Å². The Labute approximate surface area is 92.3 Å². The van der Waals surface area contributed by atoms with Gasteiger partial charge in [-0.1, -0.05) is 11.6 Å². The summed E-state index contributed by atoms with van der Waals surface area (Å²) in [5.74, 6) is 1.10. The van der Waals surface area contributed by atoms with E-state index >= 15 is 0 Å². The van der Waals surface area contributed by atoms with Crippen LogP contribution in [0, 0.1) is 5.41 Å². The Bertz CT molecular complexity index is 430. The van der Waals surface area contributed by atoms with Crippen molar-refractivity contribution in [2.75, 3.05) is 18.0 Å². The van der Waals surface area contributed by atoms with E-state index in [0.29, 0.717) is 17.5 Å². The number of carbonyl (C=O) groups is 1. The van der Waals surface area contributed by atoms with Gasteiger partial charge in [-0.25, -0.2) is 9.97 Å². The Hall–Kier alpha value is -1.16. The van der Waals surface area contributed by atoms with Crippen LogP contribution in [0.5, 0.6) is 0 Å². The molecule has 4 nitrogen and oxygen atoms in total. The molecule has 5 heteroatoms. The van der Waals surface area contributed by atoms with Crippen molar-refractivity contribution in [3.8, 4) is 0 Å². The van der Waals surface area contributed by atoms with Crippen LogP contribution in [-0.2, 0) is 4.79 Å². The average molecular weight is 224 g/mol. The number of ketones is 1. The highest BCUT2D eigenvalue weighted by Gasteiger charge is 2.55. The number of anilines is 1. The van der Waals surface area contributed by atoms with Crippen LogP contribution in [-0.4, -0.2) is 28.8 Å². The number of rotatable bonds is 1. The van der Waals surface area contributed by atoms with E-state index < -0.39 is 0 Å². The monoisotopic (exact) mass is 223 g/mol. The lowest BCUT2D eigenvalue weighted by atomic mass is 10.1. The second-order valence-corrected chi connectivity index (χ2v) is 4.65. The van der Waals surface area contributed by atoms with Crippen molar-refractivity contribution in [2.45, 2.75) is 12.8 Å². The smallest absolute Gasteiger partial charge is 0.160 e. The summed E-state index contributed by atoms with van der Waals surface area (Å²) >= 11 is 5.78. The van der Waals surface area contributed by atoms with Crippen LogP contribution in [0.1, 0.15) is 12.8 Å². The molecule has 0 aromatic carbocycles. The molecular weight excluding hydrogens is 214 g/mol. The van der Waals surface area contributed by atoms with Gasteiger partial charge in [-0.2, -0.15) is 0 Å². The van der Waals surface area contributed by atoms with E-state index in [2.05, 4.69) is 9.97 Å². The molecule has 1 saturated heterocycles. The van der Waals surface area contributed by atoms with Crippen LogP contribution in [0.15, 0.2) is 12.4 Å². The third-order valence-electron chi connectivity index (χ3n) is 3.22. The molecule has 78 valence electrons. The average Bonchev–Trinajstić information content (AvgIpc) is 2.90. The van der Waals surface area contributed by atoms with Crippen molar-refractivity contribution in [3.63, 3.8) is 0 Å². The molecule has 1 aromatic rings. The summed E-state index contributed by atoms with van der Waals surface area (Å²) in [6.07, 6.45) is 3.49. The molecule has 1 aromatic heterocycles. The van der Waals surface area contributed by atoms with Crippen molar-refractivity contribution in [1.29, 1.82) is 0 Å². The van der Waals surface area contributed by atoms with Crippen LogP contribution < -0.4 is 4.90 Å². The van der Waals surface area contributed by atoms with Gasteiger partial charge in [-0.3, -0.25) is 4.79 Å². The molecule has 1 aliphatic carbocycles. The summed E-state index contributed by atoms with van der Waals surface area (Å²) < 4.78 is 0. The zero-order chi connectivity index (χ0) is 10.5. The first-order valence-corrected chi connectivity index (χ1v) is 5.33. The SMILES string of the molecule is O=C1CN(c2cc(Cl)ncn2)CC12CC2. The molecule has 1 saturated carbocycles. The minimum Gasteiger partial charge on any atom is -0.348 e. The topological polar surface area (TPSA) is 46.1 Å². The number of aromatic nitrogens is 2. The fourth-order valence-electron chi connectivity index (χ4n) is 2.10. The summed E-state index contributed by atoms with van der Waals surface area (Å²) in [6.45, 7) is 1.26. The molecule has 0 radical (unpaired) electrons. The van der Waals surface area contributed by atoms with E-state index in [1.807, 2.05) is 4.90 Å². The number of carbonyl (C=O) groups excluding carboxylic acids is 1. The first-order chi connectivity index (χ1) is 7.20. The summed E-state index contributed by atoms with van der Waals surface area (Å²) in [7, 11) is 0. The summed E-state index contributed by atoms with van der Waals surface area (Å²) in [4.78, 5) is 21.7. The molecule has 1 spiro atoms. The lowest BCUT2D eigenvalue weighted by Crippen LogP contribution is -2.21. The van der Waals surface area contributed by atoms with Crippen LogP contribution in [0.4, 0.5) is 5.82 Å². The number of halogens is 1. The third kappa shape index (κ3) is 1.40. The quantitative estimate of drug-likeness (QED) is 0.674. The second-order valence-electron chi connectivity index (χ2n) is 4.26. The van der Waals surface area contributed by atoms with Gasteiger partial charge in [-0.15, -0.1) is 0 Å². The van der Waals surface area contributed by atoms with E-state index in [0.717, 1.165) is 25.2 Å². The van der Waals surface area contributed by atoms with Gasteiger partial charge in [0, 0.05) is 18.0 Å². The zero-order valence-electron chi connectivity index (χ0n) is 8.11. The Morgan fingerprint density at radius 3 is 2.80 bits per heavy atom. The molecular formula is C10H10ClN3O. The second kappa shape index (κ2) is 2.92. The van der Waals surface area contributed by atoms with Gasteiger partial charge in [0.25, 0.3) is 0 Å². The fraction of sp³-hybridized carbons (Fsp3) is 0.500. The normalized spacial score (nSPS) is 22.5. The largest absolute Gasteiger partial charge is 0.348 e. The maximum atomic E-state index is 11.7. The van der Waals surface area contributed by atoms with Crippen molar-refractivity contribution in [3.05, 3.63) is 17.5 Å². The van der Waals surface area contributed by atoms with E-state index in [-0.39, 0.29) is 5.41 Å². The highest BCUT2D eigenvalue weighted by Crippen LogP contribution is 2.50. The first-order valence-electron chi connectivity index (χ1n) is 4.95. The summed E-state index contributed by atoms with van der Waals surface area (Å²) in [6, 6.07) is 1.70. The number of Topliss-reactive ketones (excluding diaryl/α,β-unsaturated/α-hetero) is 1. The van der Waals surface area contributed by atoms with Crippen LogP contribution in [0.3, 0.4) is 0 Å². The van der Waals surface area contributed by atoms with Crippen molar-refractivity contribution in [2.24, 2.45) is 5.41 Å². The predicted molar refractivity (Wildman–Crippen MR) is 55.9 cm³/mol. The van der Waals surface area contributed by atoms with Gasteiger partial charge in [0.05, 0.1) is 6.54 Å². The van der Waals surface area contributed by atoms with Crippen molar-refractivity contribution >= 4 is 23.2 Å². The van der Waals surface area contributed by atoms with Crippen molar-refractivity contribution < 1.29 is 4.79 Å². The predicted octanol–water partition coefficient (Wildman–Crippen LogP) is 1.30. The molecule has 2 fully saturated rings. The van der Waals surface area contributed by atoms with E-state index in [9.17, 15) is 4.79 Å². The Balaban J connectivity index is 1.88. The molecule has 15 heavy (non-hydrogen) atoms. The number of hydrogen-bond acceptors (Lipinski definition) is 4. The Kier molecular flexibility index (Phi) is 1.77. The van der Waals surface area contributed by atoms with Crippen LogP contribution in [0.2, 0.25) is 5.15 Å². The third-order valence-corrected chi connectivity index (χ3v) is 3.42. The molecule has 2 aliphatic rings. The van der Waals surface area contributed by atoms with Gasteiger partial charge in [0.15, 0.2) is 5.78 Å². The molecule has 3 rings (SSSR count). The minimum absolute atomic E-state index is 0.0442. The molecule has 0 N–H and O–H groups in total. The zero-order valence-corrected chi connectivity index (χ0v) is 8.87. The molecule has 0 atom stereocenters. The van der Waals surface area contributed by atoms with E-state index in [1.54, 1.807) is 6.07 Å². The standard InChI is InChI=1S/C10H10ClN3O/c11-8-3-9(13-6-12-8)14-4-7(15)10(5-14)1-2-10/h3,6H,1-2,4-5H2. The van der Waals surface area contributed by atoms with Gasteiger partial charge in [-0.05, 0) is 12.8 Å². The highest BCUT2D eigenvalue weighted by molar-refractivity contribution is 6.29. The lowest BCUT2D eigenvalue weighted by molar-refractivity contribution is -0.120. The van der Waals surface area contributed by atoms with Gasteiger partial charge >= 0.3 is 0 Å². The minimum atomic E-state index is -0.0442. The number of nitrogens with zero attached hydrogens (tertiary/aromatic N) is 3.